The predicted molar refractivity (Wildman–Crippen MR) is 117 cm³/mol. The number of fused-ring (bicyclic) bond motifs is 4. The van der Waals surface area contributed by atoms with Crippen LogP contribution in [0.5, 0.6) is 5.75 Å². The number of benzene rings is 3. The highest BCUT2D eigenvalue weighted by molar-refractivity contribution is 6.10. The van der Waals surface area contributed by atoms with Crippen molar-refractivity contribution < 1.29 is 4.74 Å². The number of hydrogen-bond acceptors (Lipinski definition) is 3. The van der Waals surface area contributed by atoms with Crippen molar-refractivity contribution in [2.75, 3.05) is 19.5 Å². The quantitative estimate of drug-likeness (QED) is 0.442. The molecule has 3 aromatic rings. The highest BCUT2D eigenvalue weighted by Crippen LogP contribution is 2.41. The maximum atomic E-state index is 4.91. The van der Waals surface area contributed by atoms with Gasteiger partial charge in [0.15, 0.2) is 0 Å². The molecule has 5 rings (SSSR count). The summed E-state index contributed by atoms with van der Waals surface area (Å²) < 4.78 is 7.09. The second kappa shape index (κ2) is 7.61. The SMILES string of the molecule is CNc1c2c3ccccc3nc-2n(C)c2ccccc12.COc1ccccc1. The molecule has 0 atom stereocenters. The summed E-state index contributed by atoms with van der Waals surface area (Å²) in [5.41, 5.74) is 4.59. The van der Waals surface area contributed by atoms with E-state index in [1.165, 1.54) is 21.9 Å². The van der Waals surface area contributed by atoms with E-state index in [2.05, 4.69) is 59.4 Å². The highest BCUT2D eigenvalue weighted by atomic mass is 16.5. The van der Waals surface area contributed by atoms with E-state index in [-0.39, 0.29) is 0 Å². The van der Waals surface area contributed by atoms with Gasteiger partial charge in [0, 0.05) is 24.9 Å². The number of methoxy groups -OCH3 is 1. The number of rotatable bonds is 2. The lowest BCUT2D eigenvalue weighted by molar-refractivity contribution is 0.415. The first kappa shape index (κ1) is 17.9. The van der Waals surface area contributed by atoms with Crippen LogP contribution < -0.4 is 10.1 Å². The van der Waals surface area contributed by atoms with Gasteiger partial charge in [-0.25, -0.2) is 4.98 Å². The van der Waals surface area contributed by atoms with Gasteiger partial charge in [-0.05, 0) is 24.3 Å². The van der Waals surface area contributed by atoms with Gasteiger partial charge >= 0.3 is 0 Å². The summed E-state index contributed by atoms with van der Waals surface area (Å²) in [6, 6.07) is 26.4. The number of ether oxygens (including phenoxy) is 1. The van der Waals surface area contributed by atoms with Gasteiger partial charge in [-0.3, -0.25) is 0 Å². The molecule has 0 saturated carbocycles. The van der Waals surface area contributed by atoms with Crippen LogP contribution in [0.15, 0.2) is 78.9 Å². The molecular formula is C24H23N3O. The molecule has 0 bridgehead atoms. The van der Waals surface area contributed by atoms with E-state index in [0.29, 0.717) is 0 Å². The van der Waals surface area contributed by atoms with Crippen molar-refractivity contribution in [2.45, 2.75) is 0 Å². The van der Waals surface area contributed by atoms with Crippen molar-refractivity contribution >= 4 is 27.5 Å². The number of hydrogen-bond donors (Lipinski definition) is 1. The van der Waals surface area contributed by atoms with Gasteiger partial charge in [0.1, 0.15) is 11.6 Å². The Bertz CT molecular complexity index is 1190. The average molecular weight is 369 g/mol. The molecule has 140 valence electrons. The Balaban J connectivity index is 0.000000203. The third kappa shape index (κ3) is 3.03. The van der Waals surface area contributed by atoms with Gasteiger partial charge in [0.25, 0.3) is 0 Å². The Labute approximate surface area is 164 Å². The number of pyridine rings is 1. The third-order valence-electron chi connectivity index (χ3n) is 4.95. The molecule has 4 heteroatoms. The average Bonchev–Trinajstić information content (AvgIpc) is 3.15. The van der Waals surface area contributed by atoms with Crippen molar-refractivity contribution in [1.82, 2.24) is 9.55 Å². The molecule has 0 unspecified atom stereocenters. The summed E-state index contributed by atoms with van der Waals surface area (Å²) in [5.74, 6) is 1.93. The zero-order chi connectivity index (χ0) is 19.5. The molecule has 28 heavy (non-hydrogen) atoms. The molecule has 0 spiro atoms. The van der Waals surface area contributed by atoms with Crippen LogP contribution in [0.1, 0.15) is 0 Å². The van der Waals surface area contributed by atoms with Gasteiger partial charge in [0.05, 0.1) is 29.4 Å². The Hall–Kier alpha value is -3.53. The Morgan fingerprint density at radius 3 is 2.14 bits per heavy atom. The van der Waals surface area contributed by atoms with Crippen molar-refractivity contribution in [3.63, 3.8) is 0 Å². The first-order valence-corrected chi connectivity index (χ1v) is 9.27. The molecule has 0 fully saturated rings. The second-order valence-corrected chi connectivity index (χ2v) is 6.55. The van der Waals surface area contributed by atoms with Gasteiger partial charge in [-0.15, -0.1) is 0 Å². The van der Waals surface area contributed by atoms with Crippen molar-refractivity contribution in [1.29, 1.82) is 0 Å². The van der Waals surface area contributed by atoms with Crippen molar-refractivity contribution in [3.8, 4) is 17.1 Å². The summed E-state index contributed by atoms with van der Waals surface area (Å²) in [7, 11) is 5.72. The number of anilines is 1. The standard InChI is InChI=1S/C17H15N3.C7H8O/c1-18-16-12-8-4-6-10-14(12)20(2)17-15(16)11-7-3-5-9-13(11)19-17;1-8-7-5-3-2-4-6-7/h3-10,18H,1-2H3;2-6H,1H3. The lowest BCUT2D eigenvalue weighted by Gasteiger charge is -2.17. The van der Waals surface area contributed by atoms with Crippen molar-refractivity contribution in [2.24, 2.45) is 7.05 Å². The molecule has 4 nitrogen and oxygen atoms in total. The minimum atomic E-state index is 0.910. The van der Waals surface area contributed by atoms with E-state index in [4.69, 9.17) is 9.72 Å². The molecule has 0 radical (unpaired) electrons. The molecule has 0 aromatic heterocycles. The van der Waals surface area contributed by atoms with Crippen LogP contribution in [0.3, 0.4) is 0 Å². The molecule has 0 saturated heterocycles. The van der Waals surface area contributed by atoms with Crippen LogP contribution in [-0.4, -0.2) is 23.7 Å². The fraction of sp³-hybridized carbons (Fsp3) is 0.125. The van der Waals surface area contributed by atoms with E-state index in [0.717, 1.165) is 22.8 Å². The van der Waals surface area contributed by atoms with E-state index >= 15 is 0 Å². The normalized spacial score (nSPS) is 10.7. The summed E-state index contributed by atoms with van der Waals surface area (Å²) in [4.78, 5) is 4.80. The molecule has 1 N–H and O–H groups in total. The minimum Gasteiger partial charge on any atom is -0.497 e. The predicted octanol–water partition coefficient (Wildman–Crippen LogP) is 5.57. The van der Waals surface area contributed by atoms with E-state index in [1.807, 2.05) is 43.4 Å². The number of para-hydroxylation sites is 3. The summed E-state index contributed by atoms with van der Waals surface area (Å²) in [5, 5.41) is 5.79. The van der Waals surface area contributed by atoms with E-state index in [9.17, 15) is 0 Å². The number of nitrogens with one attached hydrogen (secondary N) is 1. The topological polar surface area (TPSA) is 39.1 Å². The van der Waals surface area contributed by atoms with Gasteiger partial charge in [0.2, 0.25) is 0 Å². The molecule has 2 aliphatic rings. The summed E-state index contributed by atoms with van der Waals surface area (Å²) in [6.07, 6.45) is 0. The lowest BCUT2D eigenvalue weighted by atomic mass is 10.0. The van der Waals surface area contributed by atoms with Gasteiger partial charge in [-0.2, -0.15) is 0 Å². The Kier molecular flexibility index (Phi) is 4.85. The smallest absolute Gasteiger partial charge is 0.143 e. The van der Waals surface area contributed by atoms with Crippen LogP contribution in [0.25, 0.3) is 33.2 Å². The fourth-order valence-corrected chi connectivity index (χ4v) is 3.60. The zero-order valence-electron chi connectivity index (χ0n) is 16.3. The molecular weight excluding hydrogens is 346 g/mol. The van der Waals surface area contributed by atoms with E-state index in [1.54, 1.807) is 7.11 Å². The van der Waals surface area contributed by atoms with Crippen molar-refractivity contribution in [3.05, 3.63) is 78.9 Å². The molecule has 0 aliphatic carbocycles. The lowest BCUT2D eigenvalue weighted by Crippen LogP contribution is -2.04. The van der Waals surface area contributed by atoms with Crippen LogP contribution in [-0.2, 0) is 7.05 Å². The fourth-order valence-electron chi connectivity index (χ4n) is 3.60. The highest BCUT2D eigenvalue weighted by Gasteiger charge is 2.20. The largest absolute Gasteiger partial charge is 0.497 e. The summed E-state index contributed by atoms with van der Waals surface area (Å²) in [6.45, 7) is 0. The molecule has 2 aliphatic heterocycles. The Morgan fingerprint density at radius 2 is 1.46 bits per heavy atom. The zero-order valence-corrected chi connectivity index (χ0v) is 16.3. The summed E-state index contributed by atoms with van der Waals surface area (Å²) >= 11 is 0. The molecule has 0 amide bonds. The first-order valence-electron chi connectivity index (χ1n) is 9.27. The number of aryl methyl sites for hydroxylation is 1. The Morgan fingerprint density at radius 1 is 0.821 bits per heavy atom. The van der Waals surface area contributed by atoms with Gasteiger partial charge in [-0.1, -0.05) is 54.6 Å². The van der Waals surface area contributed by atoms with Gasteiger partial charge < -0.3 is 14.6 Å². The number of nitrogens with zero attached hydrogens (tertiary/aromatic N) is 2. The molecule has 3 aromatic carbocycles. The molecule has 2 heterocycles. The first-order chi connectivity index (χ1) is 13.7. The second-order valence-electron chi connectivity index (χ2n) is 6.55. The monoisotopic (exact) mass is 369 g/mol. The van der Waals surface area contributed by atoms with Crippen LogP contribution >= 0.6 is 0 Å². The maximum Gasteiger partial charge on any atom is 0.143 e. The van der Waals surface area contributed by atoms with Crippen LogP contribution in [0, 0.1) is 0 Å². The maximum absolute atomic E-state index is 4.91. The minimum absolute atomic E-state index is 0.910. The van der Waals surface area contributed by atoms with Crippen LogP contribution in [0.2, 0.25) is 0 Å². The van der Waals surface area contributed by atoms with Crippen LogP contribution in [0.4, 0.5) is 5.69 Å². The third-order valence-corrected chi connectivity index (χ3v) is 4.95. The van der Waals surface area contributed by atoms with E-state index < -0.39 is 0 Å². The number of aromatic nitrogens is 2.